The number of carbonyl (C=O) groups is 1. The summed E-state index contributed by atoms with van der Waals surface area (Å²) in [6.45, 7) is 2.46. The molecule has 2 heteroatoms. The van der Waals surface area contributed by atoms with Gasteiger partial charge in [0.1, 0.15) is 5.78 Å². The zero-order valence-corrected chi connectivity index (χ0v) is 4.35. The molecule has 2 N–H and O–H groups in total. The van der Waals surface area contributed by atoms with Crippen LogP contribution < -0.4 is 5.73 Å². The number of hydrogen-bond acceptors (Lipinski definition) is 2. The molecule has 2 unspecified atom stereocenters. The summed E-state index contributed by atoms with van der Waals surface area (Å²) in [5.74, 6) is 0.812. The van der Waals surface area contributed by atoms with Crippen molar-refractivity contribution in [2.75, 3.05) is 6.54 Å². The Morgan fingerprint density at radius 1 is 1.86 bits per heavy atom. The van der Waals surface area contributed by atoms with E-state index in [0.29, 0.717) is 12.3 Å². The molecule has 0 aromatic carbocycles. The number of nitrogens with two attached hydrogens (primary N) is 1. The molecule has 1 saturated carbocycles. The van der Waals surface area contributed by atoms with Crippen LogP contribution in [0.25, 0.3) is 0 Å². The van der Waals surface area contributed by atoms with Crippen LogP contribution in [-0.2, 0) is 4.79 Å². The Kier molecular flexibility index (Phi) is 0.889. The minimum atomic E-state index is 0.208. The number of carbonyl (C=O) groups excluding carboxylic acids is 1. The maximum absolute atomic E-state index is 10.4. The predicted molar refractivity (Wildman–Crippen MR) is 26.7 cm³/mol. The van der Waals surface area contributed by atoms with Gasteiger partial charge in [0.25, 0.3) is 0 Å². The molecule has 0 heterocycles. The van der Waals surface area contributed by atoms with Crippen molar-refractivity contribution in [1.29, 1.82) is 0 Å². The summed E-state index contributed by atoms with van der Waals surface area (Å²) in [7, 11) is 0. The lowest BCUT2D eigenvalue weighted by atomic mass is 10.3. The van der Waals surface area contributed by atoms with Gasteiger partial charge in [0.05, 0.1) is 0 Å². The highest BCUT2D eigenvalue weighted by Gasteiger charge is 2.43. The van der Waals surface area contributed by atoms with Gasteiger partial charge in [-0.05, 0) is 0 Å². The Morgan fingerprint density at radius 3 is 2.29 bits per heavy atom. The lowest BCUT2D eigenvalue weighted by Gasteiger charge is -1.76. The van der Waals surface area contributed by atoms with Crippen LogP contribution in [0, 0.1) is 11.8 Å². The molecule has 0 aliphatic heterocycles. The molecule has 1 aliphatic rings. The molecule has 1 rings (SSSR count). The second kappa shape index (κ2) is 1.30. The van der Waals surface area contributed by atoms with Gasteiger partial charge in [-0.15, -0.1) is 0 Å². The Morgan fingerprint density at radius 2 is 2.29 bits per heavy atom. The van der Waals surface area contributed by atoms with E-state index in [1.807, 2.05) is 6.92 Å². The van der Waals surface area contributed by atoms with Crippen molar-refractivity contribution < 1.29 is 4.79 Å². The molecular formula is C5H9NO. The summed E-state index contributed by atoms with van der Waals surface area (Å²) in [5, 5.41) is 0. The molecule has 7 heavy (non-hydrogen) atoms. The van der Waals surface area contributed by atoms with E-state index in [2.05, 4.69) is 0 Å². The largest absolute Gasteiger partial charge is 0.330 e. The SMILES string of the molecule is CC1C(=O)C1CN. The van der Waals surface area contributed by atoms with E-state index >= 15 is 0 Å². The third-order valence-corrected chi connectivity index (χ3v) is 1.56. The average molecular weight is 99.1 g/mol. The van der Waals surface area contributed by atoms with Gasteiger partial charge >= 0.3 is 0 Å². The highest BCUT2D eigenvalue weighted by molar-refractivity contribution is 5.98. The number of ketones is 1. The van der Waals surface area contributed by atoms with E-state index in [9.17, 15) is 4.79 Å². The van der Waals surface area contributed by atoms with Gasteiger partial charge in [-0.1, -0.05) is 6.92 Å². The smallest absolute Gasteiger partial charge is 0.141 e. The van der Waals surface area contributed by atoms with Gasteiger partial charge in [-0.2, -0.15) is 0 Å². The van der Waals surface area contributed by atoms with Gasteiger partial charge in [0.2, 0.25) is 0 Å². The summed E-state index contributed by atoms with van der Waals surface area (Å²) in [6.07, 6.45) is 0. The first-order valence-corrected chi connectivity index (χ1v) is 2.51. The van der Waals surface area contributed by atoms with E-state index in [1.165, 1.54) is 0 Å². The molecular weight excluding hydrogens is 90.1 g/mol. The van der Waals surface area contributed by atoms with Gasteiger partial charge < -0.3 is 5.73 Å². The quantitative estimate of drug-likeness (QED) is 0.494. The third kappa shape index (κ3) is 0.548. The summed E-state index contributed by atoms with van der Waals surface area (Å²) < 4.78 is 0. The van der Waals surface area contributed by atoms with Crippen molar-refractivity contribution in [2.45, 2.75) is 6.92 Å². The van der Waals surface area contributed by atoms with E-state index in [0.717, 1.165) is 0 Å². The van der Waals surface area contributed by atoms with Gasteiger partial charge in [-0.25, -0.2) is 0 Å². The molecule has 1 aliphatic carbocycles. The topological polar surface area (TPSA) is 43.1 Å². The Balaban J connectivity index is 2.38. The van der Waals surface area contributed by atoms with E-state index in [4.69, 9.17) is 5.73 Å². The van der Waals surface area contributed by atoms with Crippen LogP contribution in [0.5, 0.6) is 0 Å². The van der Waals surface area contributed by atoms with Crippen LogP contribution in [0.15, 0.2) is 0 Å². The highest BCUT2D eigenvalue weighted by Crippen LogP contribution is 2.30. The summed E-state index contributed by atoms with van der Waals surface area (Å²) in [6, 6.07) is 0. The van der Waals surface area contributed by atoms with Gasteiger partial charge in [0.15, 0.2) is 0 Å². The fourth-order valence-electron chi connectivity index (χ4n) is 0.753. The molecule has 2 nitrogen and oxygen atoms in total. The molecule has 0 aromatic heterocycles. The molecule has 2 atom stereocenters. The average Bonchev–Trinajstić information content (AvgIpc) is 2.17. The van der Waals surface area contributed by atoms with Crippen molar-refractivity contribution in [2.24, 2.45) is 17.6 Å². The van der Waals surface area contributed by atoms with E-state index in [-0.39, 0.29) is 11.8 Å². The summed E-state index contributed by atoms with van der Waals surface area (Å²) >= 11 is 0. The fourth-order valence-corrected chi connectivity index (χ4v) is 0.753. The third-order valence-electron chi connectivity index (χ3n) is 1.56. The lowest BCUT2D eigenvalue weighted by Crippen LogP contribution is -2.02. The molecule has 1 fully saturated rings. The van der Waals surface area contributed by atoms with Gasteiger partial charge in [-0.3, -0.25) is 4.79 Å². The van der Waals surface area contributed by atoms with Crippen LogP contribution in [0.2, 0.25) is 0 Å². The number of rotatable bonds is 1. The molecule has 0 bridgehead atoms. The second-order valence-electron chi connectivity index (χ2n) is 2.03. The normalized spacial score (nSPS) is 38.9. The van der Waals surface area contributed by atoms with Gasteiger partial charge in [0, 0.05) is 18.4 Å². The zero-order chi connectivity index (χ0) is 5.44. The molecule has 0 spiro atoms. The first-order chi connectivity index (χ1) is 3.27. The maximum atomic E-state index is 10.4. The summed E-state index contributed by atoms with van der Waals surface area (Å²) in [4.78, 5) is 10.4. The lowest BCUT2D eigenvalue weighted by molar-refractivity contribution is -0.111. The fraction of sp³-hybridized carbons (Fsp3) is 0.800. The van der Waals surface area contributed by atoms with Crippen LogP contribution >= 0.6 is 0 Å². The Labute approximate surface area is 42.7 Å². The minimum Gasteiger partial charge on any atom is -0.330 e. The van der Waals surface area contributed by atoms with Crippen molar-refractivity contribution in [3.8, 4) is 0 Å². The van der Waals surface area contributed by atoms with E-state index in [1.54, 1.807) is 0 Å². The number of hydrogen-bond donors (Lipinski definition) is 1. The van der Waals surface area contributed by atoms with Crippen LogP contribution in [0.4, 0.5) is 0 Å². The summed E-state index contributed by atoms with van der Waals surface area (Å²) in [5.41, 5.74) is 5.19. The first-order valence-electron chi connectivity index (χ1n) is 2.51. The van der Waals surface area contributed by atoms with E-state index < -0.39 is 0 Å². The van der Waals surface area contributed by atoms with Crippen LogP contribution in [0.1, 0.15) is 6.92 Å². The molecule has 0 aromatic rings. The molecule has 0 amide bonds. The highest BCUT2D eigenvalue weighted by atomic mass is 16.1. The zero-order valence-electron chi connectivity index (χ0n) is 4.35. The monoisotopic (exact) mass is 99.1 g/mol. The minimum absolute atomic E-state index is 0.208. The maximum Gasteiger partial charge on any atom is 0.141 e. The van der Waals surface area contributed by atoms with Crippen molar-refractivity contribution >= 4 is 5.78 Å². The predicted octanol–water partition coefficient (Wildman–Crippen LogP) is -0.220. The first kappa shape index (κ1) is 4.78. The molecule has 0 radical (unpaired) electrons. The standard InChI is InChI=1S/C5H9NO/c1-3-4(2-6)5(3)7/h3-4H,2,6H2,1H3. The molecule has 0 saturated heterocycles. The Hall–Kier alpha value is -0.370. The molecule has 40 valence electrons. The second-order valence-corrected chi connectivity index (χ2v) is 2.03. The van der Waals surface area contributed by atoms with Crippen LogP contribution in [-0.4, -0.2) is 12.3 Å². The van der Waals surface area contributed by atoms with Crippen molar-refractivity contribution in [3.63, 3.8) is 0 Å². The number of Topliss-reactive ketones (excluding diaryl/α,β-unsaturated/α-hetero) is 1. The van der Waals surface area contributed by atoms with Crippen molar-refractivity contribution in [3.05, 3.63) is 0 Å². The van der Waals surface area contributed by atoms with Crippen molar-refractivity contribution in [1.82, 2.24) is 0 Å². The van der Waals surface area contributed by atoms with Crippen LogP contribution in [0.3, 0.4) is 0 Å². The Bertz CT molecular complexity index is 100.